The van der Waals surface area contributed by atoms with Gasteiger partial charge in [0.05, 0.1) is 17.7 Å². The lowest BCUT2D eigenvalue weighted by Gasteiger charge is -2.34. The molecule has 1 aromatic rings. The number of hydrogen-bond donors (Lipinski definition) is 0. The molecule has 2 amide bonds. The fourth-order valence-corrected chi connectivity index (χ4v) is 3.49. The van der Waals surface area contributed by atoms with Gasteiger partial charge >= 0.3 is 0 Å². The molecule has 0 aromatic carbocycles. The molecule has 22 heavy (non-hydrogen) atoms. The van der Waals surface area contributed by atoms with Crippen LogP contribution in [0.4, 0.5) is 0 Å². The maximum absolute atomic E-state index is 12.7. The molecular formula is C17H24N2O3. The summed E-state index contributed by atoms with van der Waals surface area (Å²) in [6.07, 6.45) is 5.80. The number of furan rings is 1. The number of hydrogen-bond acceptors (Lipinski definition) is 3. The normalized spacial score (nSPS) is 24.5. The summed E-state index contributed by atoms with van der Waals surface area (Å²) in [4.78, 5) is 28.9. The van der Waals surface area contributed by atoms with E-state index in [9.17, 15) is 9.59 Å². The molecule has 1 aromatic heterocycles. The predicted octanol–water partition coefficient (Wildman–Crippen LogP) is 2.39. The zero-order valence-corrected chi connectivity index (χ0v) is 13.4. The molecule has 5 heteroatoms. The van der Waals surface area contributed by atoms with E-state index in [0.29, 0.717) is 12.1 Å². The van der Waals surface area contributed by atoms with Gasteiger partial charge in [-0.2, -0.15) is 0 Å². The van der Waals surface area contributed by atoms with Crippen LogP contribution in [0, 0.1) is 11.3 Å². The van der Waals surface area contributed by atoms with Gasteiger partial charge in [-0.3, -0.25) is 9.59 Å². The summed E-state index contributed by atoms with van der Waals surface area (Å²) in [7, 11) is 0. The van der Waals surface area contributed by atoms with Gasteiger partial charge in [-0.25, -0.2) is 0 Å². The van der Waals surface area contributed by atoms with E-state index in [-0.39, 0.29) is 23.1 Å². The summed E-state index contributed by atoms with van der Waals surface area (Å²) in [6, 6.07) is 1.68. The molecule has 0 radical (unpaired) electrons. The number of piperidine rings is 1. The summed E-state index contributed by atoms with van der Waals surface area (Å²) >= 11 is 0. The van der Waals surface area contributed by atoms with E-state index in [2.05, 4.69) is 13.8 Å². The van der Waals surface area contributed by atoms with E-state index in [1.807, 2.05) is 4.90 Å². The topological polar surface area (TPSA) is 53.8 Å². The number of carbonyl (C=O) groups is 2. The van der Waals surface area contributed by atoms with E-state index in [1.165, 1.54) is 12.5 Å². The first kappa shape index (κ1) is 15.1. The third-order valence-corrected chi connectivity index (χ3v) is 4.82. The van der Waals surface area contributed by atoms with Gasteiger partial charge in [-0.05, 0) is 30.7 Å². The molecule has 120 valence electrons. The van der Waals surface area contributed by atoms with Crippen molar-refractivity contribution in [1.29, 1.82) is 0 Å². The Morgan fingerprint density at radius 2 is 2.09 bits per heavy atom. The van der Waals surface area contributed by atoms with Crippen molar-refractivity contribution in [2.45, 2.75) is 33.1 Å². The zero-order valence-electron chi connectivity index (χ0n) is 13.4. The molecule has 2 fully saturated rings. The highest BCUT2D eigenvalue weighted by molar-refractivity contribution is 5.94. The van der Waals surface area contributed by atoms with Gasteiger partial charge in [-0.15, -0.1) is 0 Å². The Bertz CT molecular complexity index is 550. The molecule has 3 heterocycles. The van der Waals surface area contributed by atoms with Gasteiger partial charge < -0.3 is 14.2 Å². The fourth-order valence-electron chi connectivity index (χ4n) is 3.49. The SMILES string of the molecule is CC1(C)CCN(C(=O)[C@@H]2CCCN(C(=O)c3ccoc3)C2)C1. The van der Waals surface area contributed by atoms with Crippen LogP contribution in [0.15, 0.2) is 23.0 Å². The lowest BCUT2D eigenvalue weighted by molar-refractivity contribution is -0.136. The fraction of sp³-hybridized carbons (Fsp3) is 0.647. The van der Waals surface area contributed by atoms with Crippen molar-refractivity contribution < 1.29 is 14.0 Å². The maximum Gasteiger partial charge on any atom is 0.257 e. The lowest BCUT2D eigenvalue weighted by atomic mass is 9.93. The number of amides is 2. The Labute approximate surface area is 131 Å². The summed E-state index contributed by atoms with van der Waals surface area (Å²) in [5, 5.41) is 0. The van der Waals surface area contributed by atoms with Crippen LogP contribution in [-0.2, 0) is 4.79 Å². The molecule has 1 atom stereocenters. The molecule has 3 rings (SSSR count). The summed E-state index contributed by atoms with van der Waals surface area (Å²) in [6.45, 7) is 7.33. The Morgan fingerprint density at radius 3 is 2.73 bits per heavy atom. The average Bonchev–Trinajstić information content (AvgIpc) is 3.15. The quantitative estimate of drug-likeness (QED) is 0.843. The van der Waals surface area contributed by atoms with Crippen LogP contribution in [0.3, 0.4) is 0 Å². The maximum atomic E-state index is 12.7. The lowest BCUT2D eigenvalue weighted by Crippen LogP contribution is -2.46. The smallest absolute Gasteiger partial charge is 0.257 e. The van der Waals surface area contributed by atoms with Crippen molar-refractivity contribution in [2.24, 2.45) is 11.3 Å². The van der Waals surface area contributed by atoms with E-state index in [1.54, 1.807) is 11.0 Å². The molecule has 5 nitrogen and oxygen atoms in total. The highest BCUT2D eigenvalue weighted by Crippen LogP contribution is 2.31. The average molecular weight is 304 g/mol. The van der Waals surface area contributed by atoms with Gasteiger partial charge in [0.15, 0.2) is 0 Å². The van der Waals surface area contributed by atoms with E-state index in [4.69, 9.17) is 4.42 Å². The van der Waals surface area contributed by atoms with Gasteiger partial charge in [0, 0.05) is 26.2 Å². The Hall–Kier alpha value is -1.78. The predicted molar refractivity (Wildman–Crippen MR) is 82.3 cm³/mol. The minimum Gasteiger partial charge on any atom is -0.472 e. The first-order chi connectivity index (χ1) is 10.5. The zero-order chi connectivity index (χ0) is 15.7. The summed E-state index contributed by atoms with van der Waals surface area (Å²) in [5.74, 6) is 0.127. The highest BCUT2D eigenvalue weighted by Gasteiger charge is 2.37. The second-order valence-electron chi connectivity index (χ2n) is 7.28. The van der Waals surface area contributed by atoms with E-state index >= 15 is 0 Å². The first-order valence-electron chi connectivity index (χ1n) is 8.06. The Morgan fingerprint density at radius 1 is 1.27 bits per heavy atom. The molecule has 0 N–H and O–H groups in total. The molecule has 2 saturated heterocycles. The van der Waals surface area contributed by atoms with E-state index < -0.39 is 0 Å². The number of likely N-dealkylation sites (tertiary alicyclic amines) is 2. The summed E-state index contributed by atoms with van der Waals surface area (Å²) in [5.41, 5.74) is 0.784. The molecule has 2 aliphatic heterocycles. The number of carbonyl (C=O) groups excluding carboxylic acids is 2. The van der Waals surface area contributed by atoms with E-state index in [0.717, 1.165) is 38.9 Å². The monoisotopic (exact) mass is 304 g/mol. The van der Waals surface area contributed by atoms with Crippen LogP contribution < -0.4 is 0 Å². The van der Waals surface area contributed by atoms with Crippen molar-refractivity contribution in [3.8, 4) is 0 Å². The minimum absolute atomic E-state index is 0.0343. The Balaban J connectivity index is 1.63. The van der Waals surface area contributed by atoms with Crippen molar-refractivity contribution in [1.82, 2.24) is 9.80 Å². The standard InChI is InChI=1S/C17H24N2O3/c1-17(2)6-8-19(12-17)15(20)13-4-3-7-18(10-13)16(21)14-5-9-22-11-14/h5,9,11,13H,3-4,6-8,10,12H2,1-2H3/t13-/m1/s1. The van der Waals surface area contributed by atoms with Gasteiger partial charge in [0.25, 0.3) is 5.91 Å². The first-order valence-corrected chi connectivity index (χ1v) is 8.06. The second kappa shape index (κ2) is 5.78. The van der Waals surface area contributed by atoms with Gasteiger partial charge in [0.2, 0.25) is 5.91 Å². The molecule has 0 saturated carbocycles. The number of nitrogens with zero attached hydrogens (tertiary/aromatic N) is 2. The molecule has 0 bridgehead atoms. The second-order valence-corrected chi connectivity index (χ2v) is 7.28. The molecule has 0 spiro atoms. The van der Waals surface area contributed by atoms with Crippen LogP contribution >= 0.6 is 0 Å². The minimum atomic E-state index is -0.0569. The third-order valence-electron chi connectivity index (χ3n) is 4.82. The summed E-state index contributed by atoms with van der Waals surface area (Å²) < 4.78 is 4.98. The van der Waals surface area contributed by atoms with Crippen LogP contribution in [0.5, 0.6) is 0 Å². The van der Waals surface area contributed by atoms with Crippen molar-refractivity contribution in [3.05, 3.63) is 24.2 Å². The molecular weight excluding hydrogens is 280 g/mol. The van der Waals surface area contributed by atoms with Crippen LogP contribution in [0.25, 0.3) is 0 Å². The molecule has 2 aliphatic rings. The van der Waals surface area contributed by atoms with Crippen molar-refractivity contribution in [3.63, 3.8) is 0 Å². The third kappa shape index (κ3) is 3.03. The van der Waals surface area contributed by atoms with Crippen LogP contribution in [0.1, 0.15) is 43.5 Å². The van der Waals surface area contributed by atoms with Gasteiger partial charge in [-0.1, -0.05) is 13.8 Å². The van der Waals surface area contributed by atoms with Gasteiger partial charge in [0.1, 0.15) is 6.26 Å². The largest absolute Gasteiger partial charge is 0.472 e. The van der Waals surface area contributed by atoms with Crippen LogP contribution in [-0.4, -0.2) is 47.8 Å². The van der Waals surface area contributed by atoms with Crippen LogP contribution in [0.2, 0.25) is 0 Å². The van der Waals surface area contributed by atoms with Crippen molar-refractivity contribution in [2.75, 3.05) is 26.2 Å². The van der Waals surface area contributed by atoms with Crippen molar-refractivity contribution >= 4 is 11.8 Å². The highest BCUT2D eigenvalue weighted by atomic mass is 16.3. The molecule has 0 unspecified atom stereocenters. The number of rotatable bonds is 2. The Kier molecular flexibility index (Phi) is 3.98. The molecule has 0 aliphatic carbocycles.